The monoisotopic (exact) mass is 308 g/mol. The Morgan fingerprint density at radius 2 is 2.22 bits per heavy atom. The summed E-state index contributed by atoms with van der Waals surface area (Å²) in [6.45, 7) is 0.307. The number of piperidine rings is 1. The van der Waals surface area contributed by atoms with Crippen LogP contribution in [0.15, 0.2) is 16.3 Å². The van der Waals surface area contributed by atoms with Crippen molar-refractivity contribution in [3.8, 4) is 0 Å². The van der Waals surface area contributed by atoms with Crippen LogP contribution < -0.4 is 5.11 Å². The van der Waals surface area contributed by atoms with Crippen molar-refractivity contribution in [3.63, 3.8) is 0 Å². The number of sulfonamides is 1. The first-order chi connectivity index (χ1) is 8.41. The lowest BCUT2D eigenvalue weighted by atomic mass is 10.0. The minimum absolute atomic E-state index is 0.0276. The zero-order chi connectivity index (χ0) is 13.3. The lowest BCUT2D eigenvalue weighted by Gasteiger charge is -2.31. The Labute approximate surface area is 114 Å². The number of hydrogen-bond donors (Lipinski definition) is 0. The fraction of sp³-hybridized carbons (Fsp3) is 0.500. The quantitative estimate of drug-likeness (QED) is 0.817. The van der Waals surface area contributed by atoms with E-state index in [-0.39, 0.29) is 10.8 Å². The molecule has 18 heavy (non-hydrogen) atoms. The Kier molecular flexibility index (Phi) is 3.96. The molecule has 1 atom stereocenters. The molecule has 2 rings (SSSR count). The molecule has 0 radical (unpaired) electrons. The summed E-state index contributed by atoms with van der Waals surface area (Å²) in [7, 11) is -3.63. The van der Waals surface area contributed by atoms with Gasteiger partial charge in [0.05, 0.1) is 4.34 Å². The van der Waals surface area contributed by atoms with Gasteiger partial charge >= 0.3 is 0 Å². The Morgan fingerprint density at radius 3 is 2.78 bits per heavy atom. The van der Waals surface area contributed by atoms with Crippen LogP contribution >= 0.6 is 22.9 Å². The molecule has 5 nitrogen and oxygen atoms in total. The van der Waals surface area contributed by atoms with Gasteiger partial charge in [0.15, 0.2) is 0 Å². The third-order valence-electron chi connectivity index (χ3n) is 2.86. The maximum atomic E-state index is 12.2. The average Bonchev–Trinajstić information content (AvgIpc) is 2.77. The Balaban J connectivity index is 2.22. The van der Waals surface area contributed by atoms with Crippen molar-refractivity contribution < 1.29 is 18.3 Å². The average molecular weight is 309 g/mol. The molecule has 0 spiro atoms. The van der Waals surface area contributed by atoms with Gasteiger partial charge in [0.1, 0.15) is 4.21 Å². The van der Waals surface area contributed by atoms with Crippen molar-refractivity contribution in [3.05, 3.63) is 16.5 Å². The summed E-state index contributed by atoms with van der Waals surface area (Å²) in [4.78, 5) is 10.8. The molecule has 0 saturated carbocycles. The van der Waals surface area contributed by atoms with Crippen LogP contribution in [0.3, 0.4) is 0 Å². The number of aliphatic carboxylic acids is 1. The largest absolute Gasteiger partial charge is 0.550 e. The lowest BCUT2D eigenvalue weighted by Crippen LogP contribution is -2.45. The zero-order valence-corrected chi connectivity index (χ0v) is 11.7. The molecule has 2 heterocycles. The van der Waals surface area contributed by atoms with E-state index < -0.39 is 21.9 Å². The molecule has 1 fully saturated rings. The number of carbonyl (C=O) groups is 1. The molecule has 0 amide bonds. The molecule has 0 N–H and O–H groups in total. The van der Waals surface area contributed by atoms with Crippen molar-refractivity contribution in [1.82, 2.24) is 4.31 Å². The van der Waals surface area contributed by atoms with Gasteiger partial charge in [-0.3, -0.25) is 0 Å². The maximum Gasteiger partial charge on any atom is 0.252 e. The van der Waals surface area contributed by atoms with Gasteiger partial charge in [0.2, 0.25) is 0 Å². The number of halogens is 1. The van der Waals surface area contributed by atoms with Crippen molar-refractivity contribution in [1.29, 1.82) is 0 Å². The van der Waals surface area contributed by atoms with Crippen LogP contribution in [0.5, 0.6) is 0 Å². The highest BCUT2D eigenvalue weighted by Crippen LogP contribution is 2.30. The first-order valence-electron chi connectivity index (χ1n) is 5.37. The zero-order valence-electron chi connectivity index (χ0n) is 9.34. The van der Waals surface area contributed by atoms with Gasteiger partial charge < -0.3 is 9.90 Å². The molecular formula is C10H11ClNO4S2-. The molecular weight excluding hydrogens is 298 g/mol. The number of hydrogen-bond acceptors (Lipinski definition) is 5. The first kappa shape index (κ1) is 13.8. The second kappa shape index (κ2) is 5.16. The summed E-state index contributed by atoms with van der Waals surface area (Å²) in [5.74, 6) is -1.93. The molecule has 1 aromatic heterocycles. The van der Waals surface area contributed by atoms with Gasteiger partial charge in [-0.15, -0.1) is 11.3 Å². The van der Waals surface area contributed by atoms with E-state index in [1.54, 1.807) is 0 Å². The van der Waals surface area contributed by atoms with E-state index in [1.165, 1.54) is 16.4 Å². The van der Waals surface area contributed by atoms with Crippen molar-refractivity contribution >= 4 is 38.9 Å². The molecule has 1 aliphatic rings. The van der Waals surface area contributed by atoms with Crippen LogP contribution in [0, 0.1) is 5.92 Å². The van der Waals surface area contributed by atoms with Crippen LogP contribution in [0.2, 0.25) is 4.34 Å². The Morgan fingerprint density at radius 1 is 1.50 bits per heavy atom. The van der Waals surface area contributed by atoms with Gasteiger partial charge in [-0.2, -0.15) is 4.31 Å². The van der Waals surface area contributed by atoms with E-state index in [2.05, 4.69) is 0 Å². The molecule has 0 unspecified atom stereocenters. The van der Waals surface area contributed by atoms with Crippen LogP contribution in [0.1, 0.15) is 12.8 Å². The number of thiophene rings is 1. The van der Waals surface area contributed by atoms with Crippen molar-refractivity contribution in [2.45, 2.75) is 17.1 Å². The summed E-state index contributed by atoms with van der Waals surface area (Å²) < 4.78 is 26.2. The standard InChI is InChI=1S/C10H12ClNO4S2/c11-8-3-4-9(17-8)18(15,16)12-5-1-2-7(6-12)10(13)14/h3-4,7H,1-2,5-6H2,(H,13,14)/p-1/t7-/m0/s1. The second-order valence-electron chi connectivity index (χ2n) is 4.08. The summed E-state index contributed by atoms with van der Waals surface area (Å²) in [6.07, 6.45) is 0.983. The van der Waals surface area contributed by atoms with Crippen LogP contribution in [-0.4, -0.2) is 31.8 Å². The van der Waals surface area contributed by atoms with E-state index >= 15 is 0 Å². The van der Waals surface area contributed by atoms with Crippen molar-refractivity contribution in [2.75, 3.05) is 13.1 Å². The second-order valence-corrected chi connectivity index (χ2v) is 7.96. The van der Waals surface area contributed by atoms with E-state index in [9.17, 15) is 18.3 Å². The van der Waals surface area contributed by atoms with Crippen molar-refractivity contribution in [2.24, 2.45) is 5.92 Å². The number of carboxylic acid groups (broad SMARTS) is 1. The third kappa shape index (κ3) is 2.69. The number of carbonyl (C=O) groups excluding carboxylic acids is 1. The molecule has 0 bridgehead atoms. The fourth-order valence-electron chi connectivity index (χ4n) is 1.92. The topological polar surface area (TPSA) is 77.5 Å². The Bertz CT molecular complexity index is 554. The maximum absolute atomic E-state index is 12.2. The highest BCUT2D eigenvalue weighted by molar-refractivity contribution is 7.91. The van der Waals surface area contributed by atoms with Crippen LogP contribution in [0.4, 0.5) is 0 Å². The smallest absolute Gasteiger partial charge is 0.252 e. The van der Waals surface area contributed by atoms with Gasteiger partial charge in [-0.05, 0) is 25.0 Å². The lowest BCUT2D eigenvalue weighted by molar-refractivity contribution is -0.312. The summed E-state index contributed by atoms with van der Waals surface area (Å²) in [5, 5.41) is 10.8. The first-order valence-corrected chi connectivity index (χ1v) is 8.01. The van der Waals surface area contributed by atoms with Gasteiger partial charge in [-0.1, -0.05) is 11.6 Å². The molecule has 0 aliphatic carbocycles. The fourth-order valence-corrected chi connectivity index (χ4v) is 5.08. The van der Waals surface area contributed by atoms with Gasteiger partial charge in [0, 0.05) is 25.0 Å². The summed E-state index contributed by atoms with van der Waals surface area (Å²) >= 11 is 6.69. The SMILES string of the molecule is O=C([O-])[C@H]1CCCN(S(=O)(=O)c2ccc(Cl)s2)C1. The van der Waals surface area contributed by atoms with Gasteiger partial charge in [-0.25, -0.2) is 8.42 Å². The number of nitrogens with zero attached hydrogens (tertiary/aromatic N) is 1. The molecule has 1 aliphatic heterocycles. The summed E-state index contributed by atoms with van der Waals surface area (Å²) in [6, 6.07) is 2.95. The van der Waals surface area contributed by atoms with E-state index in [0.29, 0.717) is 23.7 Å². The van der Waals surface area contributed by atoms with E-state index in [4.69, 9.17) is 11.6 Å². The minimum Gasteiger partial charge on any atom is -0.550 e. The molecule has 1 saturated heterocycles. The normalized spacial score (nSPS) is 21.9. The van der Waals surface area contributed by atoms with E-state index in [0.717, 1.165) is 11.3 Å². The van der Waals surface area contributed by atoms with Crippen LogP contribution in [-0.2, 0) is 14.8 Å². The third-order valence-corrected chi connectivity index (χ3v) is 6.42. The molecule has 1 aromatic rings. The molecule has 8 heteroatoms. The summed E-state index contributed by atoms with van der Waals surface area (Å²) in [5.41, 5.74) is 0. The van der Waals surface area contributed by atoms with Gasteiger partial charge in [0.25, 0.3) is 10.0 Å². The number of rotatable bonds is 3. The highest BCUT2D eigenvalue weighted by Gasteiger charge is 2.31. The predicted octanol–water partition coefficient (Wildman–Crippen LogP) is 0.552. The minimum atomic E-state index is -3.63. The van der Waals surface area contributed by atoms with Crippen LogP contribution in [0.25, 0.3) is 0 Å². The predicted molar refractivity (Wildman–Crippen MR) is 65.8 cm³/mol. The molecule has 0 aromatic carbocycles. The Hall–Kier alpha value is -0.630. The molecule has 100 valence electrons. The highest BCUT2D eigenvalue weighted by atomic mass is 35.5. The number of carboxylic acids is 1. The van der Waals surface area contributed by atoms with E-state index in [1.807, 2.05) is 0 Å².